The average Bonchev–Trinajstić information content (AvgIpc) is 2.66. The zero-order valence-corrected chi connectivity index (χ0v) is 12.0. The molecule has 1 amide bonds. The minimum absolute atomic E-state index is 0.156. The quantitative estimate of drug-likeness (QED) is 0.642. The topological polar surface area (TPSA) is 81.7 Å². The molecule has 2 fully saturated rings. The van der Waals surface area contributed by atoms with Crippen molar-refractivity contribution in [1.29, 1.82) is 0 Å². The molecule has 6 nitrogen and oxygen atoms in total. The van der Waals surface area contributed by atoms with E-state index in [0.717, 1.165) is 51.9 Å². The number of aliphatic carboxylic acids is 1. The SMILES string of the molecule is O=C(CN1CCNCC1)NC1(C(=O)O)CCCCCC1. The Kier molecular flexibility index (Phi) is 5.37. The molecule has 1 aliphatic carbocycles. The van der Waals surface area contributed by atoms with Crippen LogP contribution in [0.1, 0.15) is 38.5 Å². The Balaban J connectivity index is 1.92. The van der Waals surface area contributed by atoms with Gasteiger partial charge in [-0.15, -0.1) is 0 Å². The predicted octanol–water partition coefficient (Wildman–Crippen LogP) is 0.185. The third-order valence-corrected chi connectivity index (χ3v) is 4.32. The summed E-state index contributed by atoms with van der Waals surface area (Å²) < 4.78 is 0. The molecule has 6 heteroatoms. The second kappa shape index (κ2) is 7.04. The van der Waals surface area contributed by atoms with Gasteiger partial charge in [-0.2, -0.15) is 0 Å². The van der Waals surface area contributed by atoms with Gasteiger partial charge in [-0.05, 0) is 12.8 Å². The standard InChI is InChI=1S/C14H25N3O3/c18-12(11-17-9-7-15-8-10-17)16-14(13(19)20)5-3-1-2-4-6-14/h15H,1-11H2,(H,16,18)(H,19,20). The highest BCUT2D eigenvalue weighted by Gasteiger charge is 2.40. The van der Waals surface area contributed by atoms with E-state index >= 15 is 0 Å². The fourth-order valence-electron chi connectivity index (χ4n) is 3.10. The van der Waals surface area contributed by atoms with Crippen LogP contribution in [-0.2, 0) is 9.59 Å². The Morgan fingerprint density at radius 1 is 1.10 bits per heavy atom. The molecule has 1 saturated carbocycles. The Labute approximate surface area is 119 Å². The number of carbonyl (C=O) groups excluding carboxylic acids is 1. The lowest BCUT2D eigenvalue weighted by Gasteiger charge is -2.32. The fraction of sp³-hybridized carbons (Fsp3) is 0.857. The molecule has 0 atom stereocenters. The Morgan fingerprint density at radius 2 is 1.70 bits per heavy atom. The molecule has 0 spiro atoms. The van der Waals surface area contributed by atoms with Crippen molar-refractivity contribution in [2.45, 2.75) is 44.1 Å². The summed E-state index contributed by atoms with van der Waals surface area (Å²) in [5.41, 5.74) is -1.04. The largest absolute Gasteiger partial charge is 0.480 e. The summed E-state index contributed by atoms with van der Waals surface area (Å²) in [5.74, 6) is -1.04. The van der Waals surface area contributed by atoms with Gasteiger partial charge >= 0.3 is 5.97 Å². The molecular formula is C14H25N3O3. The second-order valence-electron chi connectivity index (χ2n) is 5.88. The van der Waals surface area contributed by atoms with Crippen LogP contribution in [0.5, 0.6) is 0 Å². The molecule has 0 bridgehead atoms. The molecule has 20 heavy (non-hydrogen) atoms. The molecule has 0 unspecified atom stereocenters. The summed E-state index contributed by atoms with van der Waals surface area (Å²) >= 11 is 0. The number of hydrogen-bond acceptors (Lipinski definition) is 4. The van der Waals surface area contributed by atoms with Crippen LogP contribution in [0.3, 0.4) is 0 Å². The zero-order valence-electron chi connectivity index (χ0n) is 12.0. The van der Waals surface area contributed by atoms with Crippen LogP contribution >= 0.6 is 0 Å². The smallest absolute Gasteiger partial charge is 0.329 e. The molecular weight excluding hydrogens is 258 g/mol. The average molecular weight is 283 g/mol. The first-order valence-corrected chi connectivity index (χ1v) is 7.60. The third kappa shape index (κ3) is 3.93. The van der Waals surface area contributed by atoms with Gasteiger partial charge in [-0.1, -0.05) is 25.7 Å². The number of carbonyl (C=O) groups is 2. The number of nitrogens with one attached hydrogen (secondary N) is 2. The van der Waals surface area contributed by atoms with E-state index in [0.29, 0.717) is 19.4 Å². The van der Waals surface area contributed by atoms with Gasteiger partial charge in [0.1, 0.15) is 5.54 Å². The fourth-order valence-corrected chi connectivity index (χ4v) is 3.10. The number of amides is 1. The van der Waals surface area contributed by atoms with Crippen LogP contribution in [-0.4, -0.2) is 60.1 Å². The number of hydrogen-bond donors (Lipinski definition) is 3. The summed E-state index contributed by atoms with van der Waals surface area (Å²) in [7, 11) is 0. The Bertz CT molecular complexity index is 346. The van der Waals surface area contributed by atoms with E-state index in [-0.39, 0.29) is 5.91 Å². The van der Waals surface area contributed by atoms with E-state index in [9.17, 15) is 14.7 Å². The van der Waals surface area contributed by atoms with Crippen LogP contribution in [0.15, 0.2) is 0 Å². The number of nitrogens with zero attached hydrogens (tertiary/aromatic N) is 1. The Hall–Kier alpha value is -1.14. The van der Waals surface area contributed by atoms with Crippen molar-refractivity contribution >= 4 is 11.9 Å². The Morgan fingerprint density at radius 3 is 2.25 bits per heavy atom. The molecule has 0 aromatic carbocycles. The molecule has 114 valence electrons. The zero-order chi connectivity index (χ0) is 14.4. The normalized spacial score (nSPS) is 23.8. The van der Waals surface area contributed by atoms with E-state index in [4.69, 9.17) is 0 Å². The van der Waals surface area contributed by atoms with Gasteiger partial charge in [0.15, 0.2) is 0 Å². The molecule has 0 aromatic heterocycles. The van der Waals surface area contributed by atoms with Gasteiger partial charge in [0.2, 0.25) is 5.91 Å². The lowest BCUT2D eigenvalue weighted by Crippen LogP contribution is -2.57. The number of piperazine rings is 1. The van der Waals surface area contributed by atoms with E-state index in [1.165, 1.54) is 0 Å². The van der Waals surface area contributed by atoms with Gasteiger partial charge in [-0.25, -0.2) is 4.79 Å². The summed E-state index contributed by atoms with van der Waals surface area (Å²) in [5, 5.41) is 15.6. The predicted molar refractivity (Wildman–Crippen MR) is 75.5 cm³/mol. The molecule has 3 N–H and O–H groups in total. The van der Waals surface area contributed by atoms with Crippen molar-refractivity contribution in [1.82, 2.24) is 15.5 Å². The van der Waals surface area contributed by atoms with Crippen LogP contribution < -0.4 is 10.6 Å². The van der Waals surface area contributed by atoms with Gasteiger partial charge in [0.05, 0.1) is 6.54 Å². The molecule has 2 rings (SSSR count). The molecule has 1 heterocycles. The van der Waals surface area contributed by atoms with Gasteiger partial charge < -0.3 is 15.7 Å². The van der Waals surface area contributed by atoms with Gasteiger partial charge in [-0.3, -0.25) is 9.69 Å². The maximum absolute atomic E-state index is 12.2. The molecule has 1 saturated heterocycles. The van der Waals surface area contributed by atoms with Crippen LogP contribution in [0.2, 0.25) is 0 Å². The third-order valence-electron chi connectivity index (χ3n) is 4.32. The van der Waals surface area contributed by atoms with Crippen molar-refractivity contribution < 1.29 is 14.7 Å². The summed E-state index contributed by atoms with van der Waals surface area (Å²) in [6.45, 7) is 3.76. The number of rotatable bonds is 4. The lowest BCUT2D eigenvalue weighted by atomic mass is 9.90. The first-order chi connectivity index (χ1) is 9.62. The summed E-state index contributed by atoms with van der Waals surface area (Å²) in [4.78, 5) is 25.9. The van der Waals surface area contributed by atoms with Crippen molar-refractivity contribution in [3.05, 3.63) is 0 Å². The van der Waals surface area contributed by atoms with Crippen molar-refractivity contribution in [2.24, 2.45) is 0 Å². The highest BCUT2D eigenvalue weighted by atomic mass is 16.4. The van der Waals surface area contributed by atoms with Crippen molar-refractivity contribution in [3.63, 3.8) is 0 Å². The summed E-state index contributed by atoms with van der Waals surface area (Å²) in [6.07, 6.45) is 4.97. The monoisotopic (exact) mass is 283 g/mol. The van der Waals surface area contributed by atoms with E-state index in [1.54, 1.807) is 0 Å². The van der Waals surface area contributed by atoms with Gasteiger partial charge in [0, 0.05) is 26.2 Å². The maximum Gasteiger partial charge on any atom is 0.329 e. The lowest BCUT2D eigenvalue weighted by molar-refractivity contribution is -0.148. The molecule has 1 aliphatic heterocycles. The van der Waals surface area contributed by atoms with E-state index in [1.807, 2.05) is 0 Å². The van der Waals surface area contributed by atoms with Crippen LogP contribution in [0.25, 0.3) is 0 Å². The minimum atomic E-state index is -1.04. The highest BCUT2D eigenvalue weighted by Crippen LogP contribution is 2.27. The van der Waals surface area contributed by atoms with Gasteiger partial charge in [0.25, 0.3) is 0 Å². The first-order valence-electron chi connectivity index (χ1n) is 7.60. The minimum Gasteiger partial charge on any atom is -0.480 e. The van der Waals surface area contributed by atoms with Crippen LogP contribution in [0.4, 0.5) is 0 Å². The first kappa shape index (κ1) is 15.3. The maximum atomic E-state index is 12.2. The van der Waals surface area contributed by atoms with Crippen LogP contribution in [0, 0.1) is 0 Å². The van der Waals surface area contributed by atoms with E-state index < -0.39 is 11.5 Å². The number of carboxylic acids is 1. The molecule has 2 aliphatic rings. The molecule has 0 radical (unpaired) electrons. The highest BCUT2D eigenvalue weighted by molar-refractivity contribution is 5.87. The van der Waals surface area contributed by atoms with Crippen molar-refractivity contribution in [3.8, 4) is 0 Å². The molecule has 0 aromatic rings. The number of carboxylic acid groups (broad SMARTS) is 1. The van der Waals surface area contributed by atoms with E-state index in [2.05, 4.69) is 15.5 Å². The second-order valence-corrected chi connectivity index (χ2v) is 5.88. The van der Waals surface area contributed by atoms with Crippen molar-refractivity contribution in [2.75, 3.05) is 32.7 Å². The summed E-state index contributed by atoms with van der Waals surface area (Å²) in [6, 6.07) is 0.